The summed E-state index contributed by atoms with van der Waals surface area (Å²) in [6, 6.07) is 0. The number of hydrogen-bond donors (Lipinski definition) is 0. The fourth-order valence-corrected chi connectivity index (χ4v) is 5.59. The molecule has 0 atom stereocenters. The third-order valence-electron chi connectivity index (χ3n) is 3.87. The van der Waals surface area contributed by atoms with Gasteiger partial charge in [0, 0.05) is 10.9 Å². The maximum atomic E-state index is 12.1. The van der Waals surface area contributed by atoms with E-state index in [1.165, 1.54) is 44.9 Å². The molecule has 142 valence electrons. The standard InChI is InChI=1S/C18H23Br5O2/c1-2-3-4-5-6-7-8-9-10-11-12(24)25-18-16(22)14(20)13(19)15(21)17(18)23/h2-11H2,1H3. The summed E-state index contributed by atoms with van der Waals surface area (Å²) in [6.07, 6.45) is 11.5. The number of benzene rings is 1. The smallest absolute Gasteiger partial charge is 0.311 e. The van der Waals surface area contributed by atoms with Crippen molar-refractivity contribution in [2.24, 2.45) is 0 Å². The average Bonchev–Trinajstić information content (AvgIpc) is 2.60. The first-order valence-electron chi connectivity index (χ1n) is 8.62. The maximum Gasteiger partial charge on any atom is 0.311 e. The van der Waals surface area contributed by atoms with E-state index in [0.29, 0.717) is 21.1 Å². The second-order valence-electron chi connectivity index (χ2n) is 5.95. The predicted octanol–water partition coefficient (Wildman–Crippen LogP) is 9.33. The van der Waals surface area contributed by atoms with Crippen molar-refractivity contribution in [3.05, 3.63) is 22.4 Å². The predicted molar refractivity (Wildman–Crippen MR) is 122 cm³/mol. The van der Waals surface area contributed by atoms with Crippen LogP contribution in [0.3, 0.4) is 0 Å². The van der Waals surface area contributed by atoms with E-state index in [1.807, 2.05) is 0 Å². The molecule has 0 aliphatic carbocycles. The quantitative estimate of drug-likeness (QED) is 0.0772. The average molecular weight is 671 g/mol. The molecule has 0 radical (unpaired) electrons. The Hall–Kier alpha value is 1.09. The SMILES string of the molecule is CCCCCCCCCCCC(=O)Oc1c(Br)c(Br)c(Br)c(Br)c1Br. The van der Waals surface area contributed by atoms with Crippen LogP contribution >= 0.6 is 79.6 Å². The monoisotopic (exact) mass is 666 g/mol. The number of halogens is 5. The van der Waals surface area contributed by atoms with Crippen molar-refractivity contribution in [2.75, 3.05) is 0 Å². The van der Waals surface area contributed by atoms with Crippen molar-refractivity contribution in [2.45, 2.75) is 71.1 Å². The Morgan fingerprint density at radius 1 is 0.680 bits per heavy atom. The molecular weight excluding hydrogens is 648 g/mol. The third-order valence-corrected chi connectivity index (χ3v) is 9.89. The lowest BCUT2D eigenvalue weighted by Gasteiger charge is -2.13. The van der Waals surface area contributed by atoms with Crippen LogP contribution < -0.4 is 4.74 Å². The van der Waals surface area contributed by atoms with Gasteiger partial charge in [-0.1, -0.05) is 58.3 Å². The Morgan fingerprint density at radius 3 is 1.56 bits per heavy atom. The van der Waals surface area contributed by atoms with Crippen molar-refractivity contribution in [3.63, 3.8) is 0 Å². The van der Waals surface area contributed by atoms with Gasteiger partial charge < -0.3 is 4.74 Å². The van der Waals surface area contributed by atoms with Gasteiger partial charge >= 0.3 is 5.97 Å². The molecule has 0 aliphatic heterocycles. The zero-order valence-corrected chi connectivity index (χ0v) is 22.2. The Balaban J connectivity index is 2.34. The molecule has 0 saturated carbocycles. The normalized spacial score (nSPS) is 11.0. The molecule has 0 fully saturated rings. The van der Waals surface area contributed by atoms with Crippen LogP contribution in [0.15, 0.2) is 22.4 Å². The second-order valence-corrected chi connectivity index (χ2v) is 9.92. The number of unbranched alkanes of at least 4 members (excludes halogenated alkanes) is 8. The fourth-order valence-electron chi connectivity index (χ4n) is 2.42. The lowest BCUT2D eigenvalue weighted by atomic mass is 10.1. The Bertz CT molecular complexity index is 546. The Kier molecular flexibility index (Phi) is 12.8. The minimum absolute atomic E-state index is 0.203. The van der Waals surface area contributed by atoms with E-state index in [0.717, 1.165) is 26.3 Å². The summed E-state index contributed by atoms with van der Waals surface area (Å²) in [4.78, 5) is 12.1. The van der Waals surface area contributed by atoms with Crippen molar-refractivity contribution in [3.8, 4) is 5.75 Å². The number of ether oxygens (including phenoxy) is 1. The Labute approximate surface area is 192 Å². The van der Waals surface area contributed by atoms with Crippen LogP contribution in [0.2, 0.25) is 0 Å². The van der Waals surface area contributed by atoms with Crippen LogP contribution in [0, 0.1) is 0 Å². The molecule has 7 heteroatoms. The van der Waals surface area contributed by atoms with Gasteiger partial charge in [0.1, 0.15) is 0 Å². The van der Waals surface area contributed by atoms with Crippen LogP contribution in [0.4, 0.5) is 0 Å². The van der Waals surface area contributed by atoms with Gasteiger partial charge in [0.25, 0.3) is 0 Å². The largest absolute Gasteiger partial charge is 0.424 e. The fraction of sp³-hybridized carbons (Fsp3) is 0.611. The number of esters is 1. The van der Waals surface area contributed by atoms with E-state index in [1.54, 1.807) is 0 Å². The molecule has 0 aromatic heterocycles. The number of carbonyl (C=O) groups is 1. The highest BCUT2D eigenvalue weighted by Gasteiger charge is 2.20. The molecule has 0 spiro atoms. The number of hydrogen-bond acceptors (Lipinski definition) is 2. The lowest BCUT2D eigenvalue weighted by molar-refractivity contribution is -0.134. The second kappa shape index (κ2) is 13.3. The minimum atomic E-state index is -0.203. The van der Waals surface area contributed by atoms with Crippen molar-refractivity contribution < 1.29 is 9.53 Å². The topological polar surface area (TPSA) is 26.3 Å². The van der Waals surface area contributed by atoms with Gasteiger partial charge in [-0.25, -0.2) is 0 Å². The number of carbonyl (C=O) groups excluding carboxylic acids is 1. The number of rotatable bonds is 11. The van der Waals surface area contributed by atoms with Gasteiger partial charge in [0.05, 0.1) is 17.9 Å². The summed E-state index contributed by atoms with van der Waals surface area (Å²) >= 11 is 17.4. The first-order valence-corrected chi connectivity index (χ1v) is 12.6. The first kappa shape index (κ1) is 24.1. The van der Waals surface area contributed by atoms with Crippen LogP contribution in [0.5, 0.6) is 5.75 Å². The van der Waals surface area contributed by atoms with Crippen molar-refractivity contribution in [1.82, 2.24) is 0 Å². The van der Waals surface area contributed by atoms with Crippen LogP contribution in [0.1, 0.15) is 71.1 Å². The molecule has 1 aromatic rings. The lowest BCUT2D eigenvalue weighted by Crippen LogP contribution is -2.09. The van der Waals surface area contributed by atoms with Gasteiger partial charge in [0.2, 0.25) is 0 Å². The molecule has 0 N–H and O–H groups in total. The summed E-state index contributed by atoms with van der Waals surface area (Å²) in [5, 5.41) is 0. The molecule has 1 aromatic carbocycles. The minimum Gasteiger partial charge on any atom is -0.424 e. The highest BCUT2D eigenvalue weighted by Crippen LogP contribution is 2.48. The van der Waals surface area contributed by atoms with Gasteiger partial charge in [-0.15, -0.1) is 0 Å². The van der Waals surface area contributed by atoms with Crippen molar-refractivity contribution >= 4 is 85.6 Å². The van der Waals surface area contributed by atoms with Crippen LogP contribution in [0.25, 0.3) is 0 Å². The van der Waals surface area contributed by atoms with Gasteiger partial charge in [-0.05, 0) is 86.1 Å². The molecule has 0 amide bonds. The van der Waals surface area contributed by atoms with E-state index in [4.69, 9.17) is 4.74 Å². The molecule has 0 saturated heterocycles. The molecule has 1 rings (SSSR count). The van der Waals surface area contributed by atoms with E-state index in [9.17, 15) is 4.79 Å². The summed E-state index contributed by atoms with van der Waals surface area (Å²) < 4.78 is 9.41. The third kappa shape index (κ3) is 8.32. The molecule has 25 heavy (non-hydrogen) atoms. The zero-order chi connectivity index (χ0) is 18.8. The highest BCUT2D eigenvalue weighted by molar-refractivity contribution is 9.15. The zero-order valence-electron chi connectivity index (χ0n) is 14.3. The first-order chi connectivity index (χ1) is 11.9. The molecule has 0 unspecified atom stereocenters. The highest BCUT2D eigenvalue weighted by atomic mass is 79.9. The van der Waals surface area contributed by atoms with Crippen LogP contribution in [-0.2, 0) is 4.79 Å². The maximum absolute atomic E-state index is 12.1. The van der Waals surface area contributed by atoms with E-state index < -0.39 is 0 Å². The molecule has 0 bridgehead atoms. The van der Waals surface area contributed by atoms with Crippen molar-refractivity contribution in [1.29, 1.82) is 0 Å². The molecular formula is C18H23Br5O2. The summed E-state index contributed by atoms with van der Waals surface area (Å²) in [7, 11) is 0. The summed E-state index contributed by atoms with van der Waals surface area (Å²) in [6.45, 7) is 2.24. The van der Waals surface area contributed by atoms with Crippen LogP contribution in [-0.4, -0.2) is 5.97 Å². The molecule has 0 aliphatic rings. The van der Waals surface area contributed by atoms with Gasteiger partial charge in [0.15, 0.2) is 5.75 Å². The van der Waals surface area contributed by atoms with E-state index in [2.05, 4.69) is 86.6 Å². The summed E-state index contributed by atoms with van der Waals surface area (Å²) in [5.74, 6) is 0.286. The summed E-state index contributed by atoms with van der Waals surface area (Å²) in [5.41, 5.74) is 0. The molecule has 2 nitrogen and oxygen atoms in total. The van der Waals surface area contributed by atoms with E-state index >= 15 is 0 Å². The Morgan fingerprint density at radius 2 is 1.08 bits per heavy atom. The van der Waals surface area contributed by atoms with E-state index in [-0.39, 0.29) is 5.97 Å². The molecule has 0 heterocycles. The van der Waals surface area contributed by atoms with Gasteiger partial charge in [-0.2, -0.15) is 0 Å². The van der Waals surface area contributed by atoms with Gasteiger partial charge in [-0.3, -0.25) is 4.79 Å².